The number of ketones is 1. The first-order valence-electron chi connectivity index (χ1n) is 11.1. The largest absolute Gasteiger partial charge is 0.573 e. The minimum absolute atomic E-state index is 0.0241. The second-order valence-corrected chi connectivity index (χ2v) is 8.45. The van der Waals surface area contributed by atoms with Crippen molar-refractivity contribution in [2.75, 3.05) is 13.2 Å². The van der Waals surface area contributed by atoms with Gasteiger partial charge in [0.25, 0.3) is 5.56 Å². The number of alkyl halides is 3. The second-order valence-electron chi connectivity index (χ2n) is 8.11. The monoisotopic (exact) mass is 530 g/mol. The Kier molecular flexibility index (Phi) is 7.52. The summed E-state index contributed by atoms with van der Waals surface area (Å²) in [4.78, 5) is 42.9. The second kappa shape index (κ2) is 10.4. The third-order valence-electron chi connectivity index (χ3n) is 5.59. The highest BCUT2D eigenvalue weighted by Gasteiger charge is 2.31. The molecule has 194 valence electrons. The SMILES string of the molecule is Cn1c(=O)n(CCCOC2CCCCO2)c(=O)c2c1nc(C(=O)c1cccc(OC(F)(F)F)c1)n2Cl. The van der Waals surface area contributed by atoms with E-state index in [4.69, 9.17) is 21.3 Å². The number of benzene rings is 1. The van der Waals surface area contributed by atoms with Crippen LogP contribution in [0.25, 0.3) is 11.2 Å². The van der Waals surface area contributed by atoms with Crippen LogP contribution in [-0.2, 0) is 23.1 Å². The van der Waals surface area contributed by atoms with E-state index >= 15 is 0 Å². The molecule has 36 heavy (non-hydrogen) atoms. The molecule has 0 saturated carbocycles. The van der Waals surface area contributed by atoms with Crippen LogP contribution in [0.15, 0.2) is 33.9 Å². The van der Waals surface area contributed by atoms with E-state index in [0.717, 1.165) is 40.5 Å². The number of hydrogen-bond donors (Lipinski definition) is 0. The van der Waals surface area contributed by atoms with Crippen molar-refractivity contribution in [3.63, 3.8) is 0 Å². The van der Waals surface area contributed by atoms with Crippen LogP contribution in [-0.4, -0.2) is 49.9 Å². The Bertz CT molecular complexity index is 1390. The van der Waals surface area contributed by atoms with Crippen LogP contribution in [0.3, 0.4) is 0 Å². The summed E-state index contributed by atoms with van der Waals surface area (Å²) in [6.07, 6.45) is -2.15. The van der Waals surface area contributed by atoms with Crippen LogP contribution in [0.4, 0.5) is 13.2 Å². The third kappa shape index (κ3) is 5.47. The van der Waals surface area contributed by atoms with Crippen LogP contribution >= 0.6 is 11.8 Å². The summed E-state index contributed by atoms with van der Waals surface area (Å²) in [5.41, 5.74) is -2.01. The number of ether oxygens (including phenoxy) is 3. The molecule has 0 spiro atoms. The Morgan fingerprint density at radius 2 is 2.06 bits per heavy atom. The van der Waals surface area contributed by atoms with Crippen molar-refractivity contribution in [3.8, 4) is 5.75 Å². The molecule has 0 aliphatic carbocycles. The topological polar surface area (TPSA) is 107 Å². The molecule has 3 aromatic rings. The van der Waals surface area contributed by atoms with Crippen molar-refractivity contribution >= 4 is 28.7 Å². The lowest BCUT2D eigenvalue weighted by molar-refractivity contribution is -0.274. The number of rotatable bonds is 8. The van der Waals surface area contributed by atoms with E-state index in [1.807, 2.05) is 0 Å². The van der Waals surface area contributed by atoms with Crippen LogP contribution in [0.2, 0.25) is 0 Å². The van der Waals surface area contributed by atoms with Crippen LogP contribution in [0.5, 0.6) is 5.75 Å². The lowest BCUT2D eigenvalue weighted by atomic mass is 10.1. The molecule has 2 aromatic heterocycles. The highest BCUT2D eigenvalue weighted by molar-refractivity contribution is 6.23. The van der Waals surface area contributed by atoms with Gasteiger partial charge in [-0.15, -0.1) is 13.2 Å². The third-order valence-corrected chi connectivity index (χ3v) is 5.92. The molecule has 4 rings (SSSR count). The van der Waals surface area contributed by atoms with Gasteiger partial charge < -0.3 is 14.2 Å². The highest BCUT2D eigenvalue weighted by Crippen LogP contribution is 2.25. The summed E-state index contributed by atoms with van der Waals surface area (Å²) in [6.45, 7) is 0.913. The van der Waals surface area contributed by atoms with Crippen molar-refractivity contribution in [3.05, 3.63) is 56.5 Å². The molecule has 1 saturated heterocycles. The van der Waals surface area contributed by atoms with Gasteiger partial charge in [0.15, 0.2) is 23.3 Å². The predicted molar refractivity (Wildman–Crippen MR) is 121 cm³/mol. The molecule has 14 heteroatoms. The average molecular weight is 531 g/mol. The molecule has 0 amide bonds. The fraction of sp³-hybridized carbons (Fsp3) is 0.455. The fourth-order valence-electron chi connectivity index (χ4n) is 3.87. The van der Waals surface area contributed by atoms with E-state index in [9.17, 15) is 27.6 Å². The Morgan fingerprint density at radius 3 is 2.75 bits per heavy atom. The lowest BCUT2D eigenvalue weighted by Crippen LogP contribution is -2.39. The molecule has 0 radical (unpaired) electrons. The molecule has 1 aromatic carbocycles. The van der Waals surface area contributed by atoms with Crippen molar-refractivity contribution in [2.45, 2.75) is 44.9 Å². The number of carbonyl (C=O) groups excluding carboxylic acids is 1. The summed E-state index contributed by atoms with van der Waals surface area (Å²) in [6, 6.07) is 4.34. The predicted octanol–water partition coefficient (Wildman–Crippen LogP) is 2.96. The number of carbonyl (C=O) groups is 1. The highest BCUT2D eigenvalue weighted by atomic mass is 35.5. The van der Waals surface area contributed by atoms with Gasteiger partial charge in [-0.2, -0.15) is 0 Å². The molecule has 1 unspecified atom stereocenters. The quantitative estimate of drug-likeness (QED) is 0.325. The summed E-state index contributed by atoms with van der Waals surface area (Å²) < 4.78 is 55.3. The van der Waals surface area contributed by atoms with Crippen molar-refractivity contribution < 1.29 is 32.2 Å². The number of halogens is 4. The van der Waals surface area contributed by atoms with Crippen LogP contribution in [0.1, 0.15) is 41.9 Å². The number of imidazole rings is 1. The maximum atomic E-state index is 13.1. The van der Waals surface area contributed by atoms with Gasteiger partial charge in [-0.1, -0.05) is 12.1 Å². The molecule has 3 heterocycles. The molecule has 10 nitrogen and oxygen atoms in total. The number of nitrogens with zero attached hydrogens (tertiary/aromatic N) is 4. The lowest BCUT2D eigenvalue weighted by Gasteiger charge is -2.22. The molecule has 1 fully saturated rings. The molecule has 0 N–H and O–H groups in total. The molecule has 0 bridgehead atoms. The van der Waals surface area contributed by atoms with Gasteiger partial charge >= 0.3 is 12.1 Å². The maximum absolute atomic E-state index is 13.1. The van der Waals surface area contributed by atoms with Gasteiger partial charge in [-0.05, 0) is 37.8 Å². The van der Waals surface area contributed by atoms with Gasteiger partial charge in [0.1, 0.15) is 5.75 Å². The zero-order chi connectivity index (χ0) is 26.0. The molecule has 1 atom stereocenters. The Balaban J connectivity index is 1.60. The minimum Gasteiger partial charge on any atom is -0.406 e. The summed E-state index contributed by atoms with van der Waals surface area (Å²) >= 11 is 6.26. The minimum atomic E-state index is -4.95. The summed E-state index contributed by atoms with van der Waals surface area (Å²) in [5, 5.41) is 0. The standard InChI is InChI=1S/C22H22ClF3N4O6/c1-28-18-16(20(32)29(21(28)33)9-5-11-35-15-8-2-3-10-34-15)30(23)19(27-18)17(31)13-6-4-7-14(12-13)36-22(24,25)26/h4,6-7,12,15H,2-3,5,8-11H2,1H3. The van der Waals surface area contributed by atoms with E-state index in [-0.39, 0.29) is 36.2 Å². The fourth-order valence-corrected chi connectivity index (χ4v) is 4.13. The zero-order valence-corrected chi connectivity index (χ0v) is 19.8. The average Bonchev–Trinajstić information content (AvgIpc) is 3.18. The van der Waals surface area contributed by atoms with Crippen molar-refractivity contribution in [1.82, 2.24) is 18.2 Å². The Hall–Kier alpha value is -3.16. The van der Waals surface area contributed by atoms with Gasteiger partial charge in [0.2, 0.25) is 5.78 Å². The van der Waals surface area contributed by atoms with E-state index in [1.165, 1.54) is 19.2 Å². The Morgan fingerprint density at radius 1 is 1.28 bits per heavy atom. The maximum Gasteiger partial charge on any atom is 0.573 e. The van der Waals surface area contributed by atoms with Crippen molar-refractivity contribution in [1.29, 1.82) is 0 Å². The number of aryl methyl sites for hydroxylation is 1. The van der Waals surface area contributed by atoms with E-state index in [0.29, 0.717) is 17.1 Å². The van der Waals surface area contributed by atoms with Crippen molar-refractivity contribution in [2.24, 2.45) is 7.05 Å². The number of hydrogen-bond acceptors (Lipinski definition) is 7. The van der Waals surface area contributed by atoms with Gasteiger partial charge in [0.05, 0.1) is 6.61 Å². The number of fused-ring (bicyclic) bond motifs is 1. The van der Waals surface area contributed by atoms with E-state index < -0.39 is 35.0 Å². The van der Waals surface area contributed by atoms with E-state index in [2.05, 4.69) is 9.72 Å². The number of aromatic nitrogens is 4. The first kappa shape index (κ1) is 25.9. The van der Waals surface area contributed by atoms with Gasteiger partial charge in [0, 0.05) is 37.5 Å². The smallest absolute Gasteiger partial charge is 0.406 e. The Labute approximate surface area is 206 Å². The molecule has 1 aliphatic rings. The first-order valence-corrected chi connectivity index (χ1v) is 11.4. The molecule has 1 aliphatic heterocycles. The molecular weight excluding hydrogens is 509 g/mol. The molecular formula is C22H22ClF3N4O6. The first-order chi connectivity index (χ1) is 17.1. The van der Waals surface area contributed by atoms with E-state index in [1.54, 1.807) is 0 Å². The normalized spacial score (nSPS) is 16.4. The summed E-state index contributed by atoms with van der Waals surface area (Å²) in [5.74, 6) is -1.92. The zero-order valence-electron chi connectivity index (χ0n) is 19.1. The van der Waals surface area contributed by atoms with Crippen LogP contribution < -0.4 is 16.0 Å². The van der Waals surface area contributed by atoms with Crippen LogP contribution in [0, 0.1) is 0 Å². The van der Waals surface area contributed by atoms with Gasteiger partial charge in [-0.3, -0.25) is 18.7 Å². The van der Waals surface area contributed by atoms with Gasteiger partial charge in [-0.25, -0.2) is 13.9 Å². The summed E-state index contributed by atoms with van der Waals surface area (Å²) in [7, 11) is 1.36.